The summed E-state index contributed by atoms with van der Waals surface area (Å²) in [5.74, 6) is 1.23. The largest absolute Gasteiger partial charge is 0.339 e. The third-order valence-corrected chi connectivity index (χ3v) is 4.20. The molecule has 1 N–H and O–H groups in total. The van der Waals surface area contributed by atoms with Crippen LogP contribution in [-0.2, 0) is 6.42 Å². The highest BCUT2D eigenvalue weighted by molar-refractivity contribution is 9.10. The van der Waals surface area contributed by atoms with Crippen LogP contribution in [0.25, 0.3) is 11.5 Å². The minimum absolute atomic E-state index is 0.545. The van der Waals surface area contributed by atoms with Crippen molar-refractivity contribution in [1.82, 2.24) is 20.4 Å². The van der Waals surface area contributed by atoms with Crippen LogP contribution in [0, 0.1) is 0 Å². The van der Waals surface area contributed by atoms with Gasteiger partial charge in [0.2, 0.25) is 11.7 Å². The highest BCUT2D eigenvalue weighted by Crippen LogP contribution is 2.23. The van der Waals surface area contributed by atoms with E-state index in [9.17, 15) is 0 Å². The first-order valence-electron chi connectivity index (χ1n) is 7.00. The molecule has 6 heteroatoms. The Morgan fingerprint density at radius 1 is 1.40 bits per heavy atom. The fourth-order valence-electron chi connectivity index (χ4n) is 2.47. The molecule has 20 heavy (non-hydrogen) atoms. The molecule has 1 aliphatic rings. The van der Waals surface area contributed by atoms with Crippen LogP contribution in [0.5, 0.6) is 0 Å². The molecular formula is C14H17BrN4O. The van der Waals surface area contributed by atoms with Crippen molar-refractivity contribution in [3.8, 4) is 11.5 Å². The van der Waals surface area contributed by atoms with E-state index in [1.165, 1.54) is 19.3 Å². The van der Waals surface area contributed by atoms with Crippen LogP contribution in [0.2, 0.25) is 0 Å². The number of halogens is 1. The Balaban J connectivity index is 1.63. The van der Waals surface area contributed by atoms with E-state index in [4.69, 9.17) is 4.52 Å². The lowest BCUT2D eigenvalue weighted by Crippen LogP contribution is -2.34. The van der Waals surface area contributed by atoms with Gasteiger partial charge in [-0.1, -0.05) is 11.6 Å². The molecular weight excluding hydrogens is 320 g/mol. The van der Waals surface area contributed by atoms with Crippen molar-refractivity contribution in [2.45, 2.75) is 38.1 Å². The molecule has 1 saturated heterocycles. The van der Waals surface area contributed by atoms with Gasteiger partial charge in [-0.2, -0.15) is 4.98 Å². The summed E-state index contributed by atoms with van der Waals surface area (Å²) in [7, 11) is 0. The molecule has 0 bridgehead atoms. The number of pyridine rings is 1. The third-order valence-electron chi connectivity index (χ3n) is 3.56. The average molecular weight is 337 g/mol. The van der Waals surface area contributed by atoms with Gasteiger partial charge in [0.05, 0.1) is 0 Å². The normalized spacial score (nSPS) is 19.1. The van der Waals surface area contributed by atoms with Crippen molar-refractivity contribution in [2.75, 3.05) is 6.54 Å². The summed E-state index contributed by atoms with van der Waals surface area (Å²) in [5, 5.41) is 7.54. The van der Waals surface area contributed by atoms with Gasteiger partial charge in [-0.05, 0) is 53.9 Å². The fraction of sp³-hybridized carbons (Fsp3) is 0.500. The quantitative estimate of drug-likeness (QED) is 0.929. The highest BCUT2D eigenvalue weighted by Gasteiger charge is 2.16. The van der Waals surface area contributed by atoms with E-state index in [1.54, 1.807) is 6.20 Å². The van der Waals surface area contributed by atoms with Crippen molar-refractivity contribution in [1.29, 1.82) is 0 Å². The molecule has 5 nitrogen and oxygen atoms in total. The molecule has 2 aromatic heterocycles. The minimum Gasteiger partial charge on any atom is -0.339 e. The van der Waals surface area contributed by atoms with Crippen LogP contribution < -0.4 is 5.32 Å². The SMILES string of the molecule is Brc1cccnc1-c1noc(CCC2CCCCN2)n1. The minimum atomic E-state index is 0.545. The van der Waals surface area contributed by atoms with Gasteiger partial charge in [0.15, 0.2) is 0 Å². The first-order chi connectivity index (χ1) is 9.83. The number of piperidine rings is 1. The molecule has 106 valence electrons. The van der Waals surface area contributed by atoms with E-state index >= 15 is 0 Å². The zero-order chi connectivity index (χ0) is 13.8. The predicted molar refractivity (Wildman–Crippen MR) is 79.2 cm³/mol. The second kappa shape index (κ2) is 6.45. The van der Waals surface area contributed by atoms with Crippen LogP contribution in [0.1, 0.15) is 31.6 Å². The van der Waals surface area contributed by atoms with Gasteiger partial charge in [0.1, 0.15) is 5.69 Å². The lowest BCUT2D eigenvalue weighted by atomic mass is 10.0. The summed E-state index contributed by atoms with van der Waals surface area (Å²) in [4.78, 5) is 8.70. The number of nitrogens with zero attached hydrogens (tertiary/aromatic N) is 3. The van der Waals surface area contributed by atoms with Gasteiger partial charge in [0, 0.05) is 23.1 Å². The summed E-state index contributed by atoms with van der Waals surface area (Å²) in [5.41, 5.74) is 0.721. The van der Waals surface area contributed by atoms with E-state index in [0.29, 0.717) is 17.8 Å². The van der Waals surface area contributed by atoms with E-state index in [-0.39, 0.29) is 0 Å². The van der Waals surface area contributed by atoms with Crippen LogP contribution in [-0.4, -0.2) is 27.7 Å². The molecule has 3 heterocycles. The van der Waals surface area contributed by atoms with E-state index in [1.807, 2.05) is 12.1 Å². The maximum Gasteiger partial charge on any atom is 0.227 e. The number of nitrogens with one attached hydrogen (secondary N) is 1. The van der Waals surface area contributed by atoms with Gasteiger partial charge in [-0.25, -0.2) is 0 Å². The fourth-order valence-corrected chi connectivity index (χ4v) is 2.90. The topological polar surface area (TPSA) is 63.8 Å². The zero-order valence-electron chi connectivity index (χ0n) is 11.2. The van der Waals surface area contributed by atoms with Crippen molar-refractivity contribution in [3.63, 3.8) is 0 Å². The molecule has 1 atom stereocenters. The smallest absolute Gasteiger partial charge is 0.227 e. The Bertz CT molecular complexity index is 566. The van der Waals surface area contributed by atoms with E-state index in [0.717, 1.165) is 29.6 Å². The lowest BCUT2D eigenvalue weighted by Gasteiger charge is -2.22. The van der Waals surface area contributed by atoms with Crippen LogP contribution in [0.15, 0.2) is 27.3 Å². The van der Waals surface area contributed by atoms with Gasteiger partial charge in [-0.15, -0.1) is 0 Å². The summed E-state index contributed by atoms with van der Waals surface area (Å²) < 4.78 is 6.19. The first kappa shape index (κ1) is 13.7. The summed E-state index contributed by atoms with van der Waals surface area (Å²) in [6, 6.07) is 4.37. The molecule has 0 saturated carbocycles. The maximum absolute atomic E-state index is 5.32. The second-order valence-corrected chi connectivity index (χ2v) is 5.89. The monoisotopic (exact) mass is 336 g/mol. The molecule has 2 aromatic rings. The predicted octanol–water partition coefficient (Wildman–Crippen LogP) is 2.97. The number of aryl methyl sites for hydroxylation is 1. The lowest BCUT2D eigenvalue weighted by molar-refractivity contribution is 0.342. The number of hydrogen-bond acceptors (Lipinski definition) is 5. The Kier molecular flexibility index (Phi) is 4.42. The number of aromatic nitrogens is 3. The highest BCUT2D eigenvalue weighted by atomic mass is 79.9. The molecule has 1 unspecified atom stereocenters. The van der Waals surface area contributed by atoms with Crippen molar-refractivity contribution in [3.05, 3.63) is 28.7 Å². The molecule has 0 radical (unpaired) electrons. The Morgan fingerprint density at radius 3 is 3.15 bits per heavy atom. The second-order valence-electron chi connectivity index (χ2n) is 5.03. The zero-order valence-corrected chi connectivity index (χ0v) is 12.8. The van der Waals surface area contributed by atoms with Crippen molar-refractivity contribution in [2.24, 2.45) is 0 Å². The van der Waals surface area contributed by atoms with Gasteiger partial charge >= 0.3 is 0 Å². The summed E-state index contributed by atoms with van der Waals surface area (Å²) in [6.45, 7) is 1.13. The van der Waals surface area contributed by atoms with Crippen LogP contribution >= 0.6 is 15.9 Å². The van der Waals surface area contributed by atoms with E-state index < -0.39 is 0 Å². The molecule has 1 fully saturated rings. The Hall–Kier alpha value is -1.27. The van der Waals surface area contributed by atoms with Crippen LogP contribution in [0.3, 0.4) is 0 Å². The first-order valence-corrected chi connectivity index (χ1v) is 7.79. The van der Waals surface area contributed by atoms with Crippen molar-refractivity contribution >= 4 is 15.9 Å². The molecule has 0 aliphatic carbocycles. The molecule has 3 rings (SSSR count). The molecule has 0 aromatic carbocycles. The third kappa shape index (κ3) is 3.24. The number of rotatable bonds is 4. The van der Waals surface area contributed by atoms with Gasteiger partial charge < -0.3 is 9.84 Å². The van der Waals surface area contributed by atoms with E-state index in [2.05, 4.69) is 36.4 Å². The Morgan fingerprint density at radius 2 is 2.35 bits per heavy atom. The number of hydrogen-bond donors (Lipinski definition) is 1. The molecule has 0 spiro atoms. The standard InChI is InChI=1S/C14H17BrN4O/c15-11-5-3-9-17-13(11)14-18-12(20-19-14)7-6-10-4-1-2-8-16-10/h3,5,9-10,16H,1-2,4,6-8H2. The Labute approximate surface area is 126 Å². The summed E-state index contributed by atoms with van der Waals surface area (Å²) in [6.07, 6.45) is 7.43. The van der Waals surface area contributed by atoms with Crippen molar-refractivity contribution < 1.29 is 4.52 Å². The average Bonchev–Trinajstić information content (AvgIpc) is 2.95. The molecule has 1 aliphatic heterocycles. The van der Waals surface area contributed by atoms with Crippen LogP contribution in [0.4, 0.5) is 0 Å². The van der Waals surface area contributed by atoms with Gasteiger partial charge in [-0.3, -0.25) is 4.98 Å². The maximum atomic E-state index is 5.32. The van der Waals surface area contributed by atoms with Gasteiger partial charge in [0.25, 0.3) is 0 Å². The molecule has 0 amide bonds. The summed E-state index contributed by atoms with van der Waals surface area (Å²) >= 11 is 3.45.